The van der Waals surface area contributed by atoms with Crippen LogP contribution in [0.25, 0.3) is 0 Å². The average molecular weight is 251 g/mol. The van der Waals surface area contributed by atoms with Crippen LogP contribution in [0.2, 0.25) is 0 Å². The smallest absolute Gasteiger partial charge is 0.254 e. The maximum atomic E-state index is 13.0. The molecule has 0 N–H and O–H groups in total. The van der Waals surface area contributed by atoms with Crippen molar-refractivity contribution in [2.45, 2.75) is 6.54 Å². The predicted octanol–water partition coefficient (Wildman–Crippen LogP) is 2.83. The van der Waals surface area contributed by atoms with E-state index in [2.05, 4.69) is 0 Å². The Labute approximate surface area is 103 Å². The standard InChI is InChI=1S/C13H11F2NO2/c1-16(8-10-3-2-6-18-10)13(17)9-4-5-11(14)12(15)7-9/h2-7H,8H2,1H3. The fourth-order valence-corrected chi connectivity index (χ4v) is 1.56. The zero-order valence-corrected chi connectivity index (χ0v) is 9.69. The molecule has 0 saturated heterocycles. The van der Waals surface area contributed by atoms with E-state index in [1.54, 1.807) is 19.2 Å². The van der Waals surface area contributed by atoms with Gasteiger partial charge in [0.15, 0.2) is 11.6 Å². The molecule has 2 aromatic rings. The molecular formula is C13H11F2NO2. The lowest BCUT2D eigenvalue weighted by molar-refractivity contribution is 0.0775. The molecular weight excluding hydrogens is 240 g/mol. The van der Waals surface area contributed by atoms with E-state index in [-0.39, 0.29) is 12.1 Å². The van der Waals surface area contributed by atoms with Gasteiger partial charge in [0.05, 0.1) is 12.8 Å². The number of benzene rings is 1. The number of furan rings is 1. The first-order valence-corrected chi connectivity index (χ1v) is 5.31. The van der Waals surface area contributed by atoms with Crippen LogP contribution in [0.3, 0.4) is 0 Å². The third-order valence-electron chi connectivity index (χ3n) is 2.49. The summed E-state index contributed by atoms with van der Waals surface area (Å²) in [6, 6.07) is 6.51. The van der Waals surface area contributed by atoms with Gasteiger partial charge in [-0.3, -0.25) is 4.79 Å². The zero-order valence-electron chi connectivity index (χ0n) is 9.69. The van der Waals surface area contributed by atoms with Gasteiger partial charge in [-0.05, 0) is 30.3 Å². The van der Waals surface area contributed by atoms with E-state index in [0.717, 1.165) is 12.1 Å². The van der Waals surface area contributed by atoms with Crippen LogP contribution in [0, 0.1) is 11.6 Å². The van der Waals surface area contributed by atoms with E-state index in [4.69, 9.17) is 4.42 Å². The second-order valence-electron chi connectivity index (χ2n) is 3.87. The van der Waals surface area contributed by atoms with E-state index in [1.807, 2.05) is 0 Å². The predicted molar refractivity (Wildman–Crippen MR) is 60.9 cm³/mol. The van der Waals surface area contributed by atoms with Crippen molar-refractivity contribution in [2.75, 3.05) is 7.05 Å². The quantitative estimate of drug-likeness (QED) is 0.840. The fourth-order valence-electron chi connectivity index (χ4n) is 1.56. The number of carbonyl (C=O) groups excluding carboxylic acids is 1. The van der Waals surface area contributed by atoms with E-state index in [0.29, 0.717) is 5.76 Å². The molecule has 2 rings (SSSR count). The Bertz CT molecular complexity index is 552. The minimum atomic E-state index is -1.03. The second kappa shape index (κ2) is 5.00. The van der Waals surface area contributed by atoms with E-state index < -0.39 is 17.5 Å². The summed E-state index contributed by atoms with van der Waals surface area (Å²) in [5.74, 6) is -1.79. The Balaban J connectivity index is 2.12. The van der Waals surface area contributed by atoms with Gasteiger partial charge >= 0.3 is 0 Å². The highest BCUT2D eigenvalue weighted by Crippen LogP contribution is 2.12. The minimum absolute atomic E-state index is 0.1000. The average Bonchev–Trinajstić information content (AvgIpc) is 2.84. The first-order chi connectivity index (χ1) is 8.58. The van der Waals surface area contributed by atoms with Gasteiger partial charge in [-0.1, -0.05) is 0 Å². The minimum Gasteiger partial charge on any atom is -0.467 e. The van der Waals surface area contributed by atoms with E-state index >= 15 is 0 Å². The van der Waals surface area contributed by atoms with Crippen LogP contribution in [-0.4, -0.2) is 17.9 Å². The Hall–Kier alpha value is -2.17. The van der Waals surface area contributed by atoms with Crippen molar-refractivity contribution in [2.24, 2.45) is 0 Å². The van der Waals surface area contributed by atoms with Crippen molar-refractivity contribution in [3.63, 3.8) is 0 Å². The van der Waals surface area contributed by atoms with E-state index in [9.17, 15) is 13.6 Å². The van der Waals surface area contributed by atoms with Gasteiger partial charge in [-0.2, -0.15) is 0 Å². The van der Waals surface area contributed by atoms with Gasteiger partial charge in [0.2, 0.25) is 0 Å². The number of amides is 1. The summed E-state index contributed by atoms with van der Waals surface area (Å²) >= 11 is 0. The van der Waals surface area contributed by atoms with Gasteiger partial charge in [0.25, 0.3) is 5.91 Å². The number of rotatable bonds is 3. The lowest BCUT2D eigenvalue weighted by Crippen LogP contribution is -2.26. The lowest BCUT2D eigenvalue weighted by Gasteiger charge is -2.15. The summed E-state index contributed by atoms with van der Waals surface area (Å²) in [6.07, 6.45) is 1.51. The van der Waals surface area contributed by atoms with Gasteiger partial charge in [0.1, 0.15) is 5.76 Å². The van der Waals surface area contributed by atoms with Crippen LogP contribution in [-0.2, 0) is 6.54 Å². The van der Waals surface area contributed by atoms with Crippen LogP contribution in [0.15, 0.2) is 41.0 Å². The number of hydrogen-bond donors (Lipinski definition) is 0. The van der Waals surface area contributed by atoms with Gasteiger partial charge in [-0.25, -0.2) is 8.78 Å². The van der Waals surface area contributed by atoms with E-state index in [1.165, 1.54) is 17.2 Å². The number of halogens is 2. The van der Waals surface area contributed by atoms with Crippen molar-refractivity contribution in [3.05, 3.63) is 59.6 Å². The van der Waals surface area contributed by atoms with Crippen LogP contribution >= 0.6 is 0 Å². The highest BCUT2D eigenvalue weighted by Gasteiger charge is 2.15. The molecule has 1 aromatic carbocycles. The maximum Gasteiger partial charge on any atom is 0.254 e. The zero-order chi connectivity index (χ0) is 13.1. The number of hydrogen-bond acceptors (Lipinski definition) is 2. The normalized spacial score (nSPS) is 10.4. The molecule has 3 nitrogen and oxygen atoms in total. The molecule has 1 aromatic heterocycles. The Morgan fingerprint density at radius 3 is 2.67 bits per heavy atom. The molecule has 0 spiro atoms. The van der Waals surface area contributed by atoms with Crippen molar-refractivity contribution in [1.82, 2.24) is 4.90 Å². The molecule has 94 valence electrons. The Morgan fingerprint density at radius 2 is 2.06 bits per heavy atom. The molecule has 0 fully saturated rings. The first-order valence-electron chi connectivity index (χ1n) is 5.31. The third-order valence-corrected chi connectivity index (χ3v) is 2.49. The lowest BCUT2D eigenvalue weighted by atomic mass is 10.2. The van der Waals surface area contributed by atoms with Gasteiger partial charge in [0, 0.05) is 12.6 Å². The molecule has 0 bridgehead atoms. The molecule has 0 aliphatic carbocycles. The highest BCUT2D eigenvalue weighted by molar-refractivity contribution is 5.93. The summed E-state index contributed by atoms with van der Waals surface area (Å²) in [7, 11) is 1.56. The molecule has 0 aliphatic rings. The molecule has 1 heterocycles. The summed E-state index contributed by atoms with van der Waals surface area (Å²) in [4.78, 5) is 13.3. The molecule has 0 radical (unpaired) electrons. The Kier molecular flexibility index (Phi) is 3.41. The maximum absolute atomic E-state index is 13.0. The largest absolute Gasteiger partial charge is 0.467 e. The Morgan fingerprint density at radius 1 is 1.28 bits per heavy atom. The van der Waals surface area contributed by atoms with Crippen molar-refractivity contribution >= 4 is 5.91 Å². The molecule has 0 unspecified atom stereocenters. The van der Waals surface area contributed by atoms with Crippen LogP contribution in [0.1, 0.15) is 16.1 Å². The first kappa shape index (κ1) is 12.3. The molecule has 0 aliphatic heterocycles. The molecule has 18 heavy (non-hydrogen) atoms. The molecule has 0 atom stereocenters. The number of nitrogens with zero attached hydrogens (tertiary/aromatic N) is 1. The molecule has 5 heteroatoms. The fraction of sp³-hybridized carbons (Fsp3) is 0.154. The third kappa shape index (κ3) is 2.56. The SMILES string of the molecule is CN(Cc1ccco1)C(=O)c1ccc(F)c(F)c1. The number of carbonyl (C=O) groups is 1. The van der Waals surface area contributed by atoms with Crippen LogP contribution in [0.4, 0.5) is 8.78 Å². The van der Waals surface area contributed by atoms with Crippen molar-refractivity contribution in [1.29, 1.82) is 0 Å². The molecule has 1 amide bonds. The van der Waals surface area contributed by atoms with Crippen LogP contribution < -0.4 is 0 Å². The monoisotopic (exact) mass is 251 g/mol. The van der Waals surface area contributed by atoms with Gasteiger partial charge in [-0.15, -0.1) is 0 Å². The summed E-state index contributed by atoms with van der Waals surface area (Å²) in [5, 5.41) is 0. The summed E-state index contributed by atoms with van der Waals surface area (Å²) in [6.45, 7) is 0.269. The second-order valence-corrected chi connectivity index (χ2v) is 3.87. The topological polar surface area (TPSA) is 33.5 Å². The summed E-state index contributed by atoms with van der Waals surface area (Å²) < 4.78 is 30.9. The molecule has 0 saturated carbocycles. The van der Waals surface area contributed by atoms with Gasteiger partial charge < -0.3 is 9.32 Å². The van der Waals surface area contributed by atoms with Crippen molar-refractivity contribution < 1.29 is 18.0 Å². The summed E-state index contributed by atoms with van der Waals surface area (Å²) in [5.41, 5.74) is 0.1000. The van der Waals surface area contributed by atoms with Crippen molar-refractivity contribution in [3.8, 4) is 0 Å². The van der Waals surface area contributed by atoms with Crippen LogP contribution in [0.5, 0.6) is 0 Å². The highest BCUT2D eigenvalue weighted by atomic mass is 19.2.